The van der Waals surface area contributed by atoms with Crippen molar-refractivity contribution >= 4 is 19.9 Å². The predicted octanol–water partition coefficient (Wildman–Crippen LogP) is -4.12. The van der Waals surface area contributed by atoms with Gasteiger partial charge in [0.1, 0.15) is 9.15 Å². The fraction of sp³-hybridized carbons (Fsp3) is 1.00. The van der Waals surface area contributed by atoms with Gasteiger partial charge < -0.3 is 14.4 Å². The number of β-amino-alcohol motifs (C(OH)–C–C–N with tert-alkyl or cyclic N) is 1. The number of rotatable bonds is 5. The summed E-state index contributed by atoms with van der Waals surface area (Å²) in [5.74, 6) is -0.0802. The molecule has 1 aliphatic heterocycles. The predicted molar refractivity (Wildman–Crippen MR) is 55.4 cm³/mol. The van der Waals surface area contributed by atoms with Gasteiger partial charge in [-0.05, 0) is 10.8 Å². The molecule has 1 fully saturated rings. The third-order valence-electron chi connectivity index (χ3n) is 1.98. The minimum Gasteiger partial charge on any atom is -0.739 e. The summed E-state index contributed by atoms with van der Waals surface area (Å²) in [6, 6.07) is 0. The van der Waals surface area contributed by atoms with E-state index in [0.717, 1.165) is 13.1 Å². The standard InChI is InChI=1S/C7H15NO5S2.Na/c9-7(6-14-15(10,11)12)5-8-1-3-13-4-2-8;/h7,9H,1-6H2,(H,10,11,12);/q;+1/p-1. The molecule has 1 unspecified atom stereocenters. The van der Waals surface area contributed by atoms with E-state index < -0.39 is 15.3 Å². The Morgan fingerprint density at radius 1 is 1.44 bits per heavy atom. The van der Waals surface area contributed by atoms with Crippen LogP contribution in [0.3, 0.4) is 0 Å². The molecule has 90 valence electrons. The molecule has 0 aromatic rings. The van der Waals surface area contributed by atoms with Crippen molar-refractivity contribution in [1.82, 2.24) is 4.90 Å². The zero-order chi connectivity index (χ0) is 11.3. The fourth-order valence-corrected chi connectivity index (χ4v) is 2.70. The minimum absolute atomic E-state index is 0. The molecule has 0 bridgehead atoms. The van der Waals surface area contributed by atoms with Gasteiger partial charge in [-0.1, -0.05) is 0 Å². The third-order valence-corrected chi connectivity index (χ3v) is 4.06. The number of morpholine rings is 1. The van der Waals surface area contributed by atoms with Gasteiger partial charge in [-0.25, -0.2) is 8.42 Å². The second-order valence-corrected chi connectivity index (χ2v) is 6.58. The molecule has 1 aliphatic rings. The molecular weight excluding hydrogens is 265 g/mol. The van der Waals surface area contributed by atoms with Crippen LogP contribution >= 0.6 is 10.8 Å². The van der Waals surface area contributed by atoms with Gasteiger partial charge in [0.15, 0.2) is 0 Å². The van der Waals surface area contributed by atoms with Crippen molar-refractivity contribution in [2.24, 2.45) is 0 Å². The minimum atomic E-state index is -4.30. The van der Waals surface area contributed by atoms with Crippen molar-refractivity contribution in [1.29, 1.82) is 0 Å². The van der Waals surface area contributed by atoms with E-state index in [1.165, 1.54) is 0 Å². The first-order valence-electron chi connectivity index (χ1n) is 4.56. The molecule has 1 N–H and O–H groups in total. The summed E-state index contributed by atoms with van der Waals surface area (Å²) >= 11 is 0. The van der Waals surface area contributed by atoms with Crippen LogP contribution < -0.4 is 29.6 Å². The van der Waals surface area contributed by atoms with Crippen molar-refractivity contribution in [3.63, 3.8) is 0 Å². The Hall–Kier alpha value is 1.14. The molecule has 1 atom stereocenters. The maximum Gasteiger partial charge on any atom is 1.00 e. The van der Waals surface area contributed by atoms with Crippen LogP contribution in [0.2, 0.25) is 0 Å². The molecule has 0 aromatic carbocycles. The van der Waals surface area contributed by atoms with Gasteiger partial charge in [0.25, 0.3) is 0 Å². The summed E-state index contributed by atoms with van der Waals surface area (Å²) in [6.07, 6.45) is -0.795. The van der Waals surface area contributed by atoms with E-state index in [1.807, 2.05) is 4.90 Å². The Kier molecular flexibility index (Phi) is 8.87. The molecule has 0 aromatic heterocycles. The Balaban J connectivity index is 0.00000225. The van der Waals surface area contributed by atoms with Crippen LogP contribution in [0, 0.1) is 0 Å². The van der Waals surface area contributed by atoms with Crippen LogP contribution in [0.5, 0.6) is 0 Å². The Morgan fingerprint density at radius 3 is 2.50 bits per heavy atom. The van der Waals surface area contributed by atoms with E-state index in [1.54, 1.807) is 0 Å². The van der Waals surface area contributed by atoms with E-state index in [4.69, 9.17) is 4.74 Å². The Labute approximate surface area is 121 Å². The SMILES string of the molecule is O=S(=O)([O-])SCC(O)CN1CCOCC1.[Na+]. The van der Waals surface area contributed by atoms with Gasteiger partial charge in [-0.15, -0.1) is 0 Å². The first kappa shape index (κ1) is 17.1. The molecule has 0 amide bonds. The van der Waals surface area contributed by atoms with E-state index in [9.17, 15) is 18.1 Å². The topological polar surface area (TPSA) is 89.9 Å². The first-order chi connectivity index (χ1) is 6.97. The van der Waals surface area contributed by atoms with Crippen molar-refractivity contribution < 1.29 is 52.4 Å². The van der Waals surface area contributed by atoms with Crippen LogP contribution in [0.1, 0.15) is 0 Å². The molecule has 0 aliphatic carbocycles. The van der Waals surface area contributed by atoms with Gasteiger partial charge in [-0.2, -0.15) is 0 Å². The van der Waals surface area contributed by atoms with Crippen LogP contribution in [-0.4, -0.2) is 67.7 Å². The summed E-state index contributed by atoms with van der Waals surface area (Å²) in [4.78, 5) is 1.98. The van der Waals surface area contributed by atoms with Gasteiger partial charge >= 0.3 is 29.6 Å². The Bertz CT molecular complexity index is 281. The molecule has 16 heavy (non-hydrogen) atoms. The normalized spacial score (nSPS) is 20.1. The molecule has 1 rings (SSSR count). The number of hydrogen-bond acceptors (Lipinski definition) is 7. The van der Waals surface area contributed by atoms with E-state index in [0.29, 0.717) is 19.8 Å². The largest absolute Gasteiger partial charge is 1.00 e. The van der Waals surface area contributed by atoms with Crippen LogP contribution in [0.4, 0.5) is 0 Å². The molecule has 9 heteroatoms. The quantitative estimate of drug-likeness (QED) is 0.310. The van der Waals surface area contributed by atoms with Crippen LogP contribution in [-0.2, 0) is 13.9 Å². The van der Waals surface area contributed by atoms with Crippen LogP contribution in [0.15, 0.2) is 0 Å². The first-order valence-corrected chi connectivity index (χ1v) is 7.47. The average molecular weight is 279 g/mol. The monoisotopic (exact) mass is 279 g/mol. The number of aliphatic hydroxyl groups is 1. The molecule has 1 heterocycles. The molecule has 0 saturated carbocycles. The zero-order valence-electron chi connectivity index (χ0n) is 9.16. The van der Waals surface area contributed by atoms with Crippen molar-refractivity contribution in [3.8, 4) is 0 Å². The van der Waals surface area contributed by atoms with Gasteiger partial charge in [-0.3, -0.25) is 4.90 Å². The molecular formula is C7H14NNaO5S2. The maximum atomic E-state index is 10.3. The van der Waals surface area contributed by atoms with E-state index in [-0.39, 0.29) is 46.1 Å². The second-order valence-electron chi connectivity index (χ2n) is 3.26. The third kappa shape index (κ3) is 8.26. The average Bonchev–Trinajstić information content (AvgIpc) is 2.15. The van der Waals surface area contributed by atoms with Crippen molar-refractivity contribution in [2.75, 3.05) is 38.6 Å². The van der Waals surface area contributed by atoms with Crippen molar-refractivity contribution in [2.45, 2.75) is 6.10 Å². The second kappa shape index (κ2) is 8.28. The van der Waals surface area contributed by atoms with Gasteiger partial charge in [0.05, 0.1) is 19.3 Å². The number of ether oxygens (including phenoxy) is 1. The smallest absolute Gasteiger partial charge is 0.739 e. The maximum absolute atomic E-state index is 10.3. The number of hydrogen-bond donors (Lipinski definition) is 1. The number of aliphatic hydroxyl groups excluding tert-OH is 1. The summed E-state index contributed by atoms with van der Waals surface area (Å²) in [6.45, 7) is 3.09. The summed E-state index contributed by atoms with van der Waals surface area (Å²) in [7, 11) is -4.06. The molecule has 0 spiro atoms. The Morgan fingerprint density at radius 2 is 2.00 bits per heavy atom. The van der Waals surface area contributed by atoms with Crippen LogP contribution in [0.25, 0.3) is 0 Å². The molecule has 6 nitrogen and oxygen atoms in total. The fourth-order valence-electron chi connectivity index (χ4n) is 1.30. The van der Waals surface area contributed by atoms with E-state index >= 15 is 0 Å². The summed E-state index contributed by atoms with van der Waals surface area (Å²) in [5, 5.41) is 9.46. The molecule has 1 saturated heterocycles. The zero-order valence-corrected chi connectivity index (χ0v) is 12.8. The summed E-state index contributed by atoms with van der Waals surface area (Å²) in [5.41, 5.74) is 0. The molecule has 0 radical (unpaired) electrons. The van der Waals surface area contributed by atoms with Gasteiger partial charge in [0.2, 0.25) is 0 Å². The van der Waals surface area contributed by atoms with Gasteiger partial charge in [0, 0.05) is 25.4 Å². The summed E-state index contributed by atoms with van der Waals surface area (Å²) < 4.78 is 36.0. The number of nitrogens with zero attached hydrogens (tertiary/aromatic N) is 1. The van der Waals surface area contributed by atoms with E-state index in [2.05, 4.69) is 0 Å². The van der Waals surface area contributed by atoms with Crippen molar-refractivity contribution in [3.05, 3.63) is 0 Å².